The van der Waals surface area contributed by atoms with Gasteiger partial charge in [-0.05, 0) is 48.2 Å². The van der Waals surface area contributed by atoms with Gasteiger partial charge in [-0.3, -0.25) is 19.3 Å². The molecule has 4 aromatic rings. The minimum atomic E-state index is -0.722. The summed E-state index contributed by atoms with van der Waals surface area (Å²) in [6.45, 7) is 4.05. The van der Waals surface area contributed by atoms with Gasteiger partial charge in [-0.2, -0.15) is 0 Å². The Balaban J connectivity index is 1.91. The third kappa shape index (κ3) is 3.53. The van der Waals surface area contributed by atoms with E-state index in [0.29, 0.717) is 5.65 Å². The highest BCUT2D eigenvalue weighted by molar-refractivity contribution is 5.62. The van der Waals surface area contributed by atoms with E-state index in [-0.39, 0.29) is 5.82 Å². The molecule has 1 N–H and O–H groups in total. The number of rotatable bonds is 5. The standard InChI is InChI=1S/C23H20N4O3/c1-15-11-12-18(14-16(15)2)20(17-8-4-3-5-9-17)25-22-21(27(29)30)23(28)26-13-7-6-10-19(26)24-22/h3-14,20,25H,1-2H3. The third-order valence-electron chi connectivity index (χ3n) is 5.17. The highest BCUT2D eigenvalue weighted by Gasteiger charge is 2.26. The zero-order valence-corrected chi connectivity index (χ0v) is 16.6. The van der Waals surface area contributed by atoms with E-state index in [0.717, 1.165) is 22.3 Å². The number of nitrogens with one attached hydrogen (secondary N) is 1. The van der Waals surface area contributed by atoms with E-state index in [4.69, 9.17) is 0 Å². The fraction of sp³-hybridized carbons (Fsp3) is 0.130. The van der Waals surface area contributed by atoms with Crippen molar-refractivity contribution in [2.24, 2.45) is 0 Å². The summed E-state index contributed by atoms with van der Waals surface area (Å²) in [5.41, 5.74) is 3.12. The average molecular weight is 400 g/mol. The zero-order valence-electron chi connectivity index (χ0n) is 16.6. The van der Waals surface area contributed by atoms with Gasteiger partial charge >= 0.3 is 11.2 Å². The highest BCUT2D eigenvalue weighted by atomic mass is 16.6. The van der Waals surface area contributed by atoms with Gasteiger partial charge in [0.05, 0.1) is 11.0 Å². The molecule has 1 atom stereocenters. The normalized spacial score (nSPS) is 11.9. The van der Waals surface area contributed by atoms with Crippen molar-refractivity contribution in [2.75, 3.05) is 5.32 Å². The number of nitro groups is 1. The van der Waals surface area contributed by atoms with Crippen molar-refractivity contribution in [2.45, 2.75) is 19.9 Å². The van der Waals surface area contributed by atoms with Gasteiger partial charge < -0.3 is 5.32 Å². The Morgan fingerprint density at radius 1 is 0.967 bits per heavy atom. The smallest absolute Gasteiger partial charge is 0.353 e. The number of hydrogen-bond donors (Lipinski definition) is 1. The van der Waals surface area contributed by atoms with Crippen LogP contribution in [0, 0.1) is 24.0 Å². The molecule has 150 valence electrons. The number of fused-ring (bicyclic) bond motifs is 1. The molecule has 0 aliphatic heterocycles. The number of pyridine rings is 1. The molecule has 0 saturated heterocycles. The van der Waals surface area contributed by atoms with E-state index in [1.165, 1.54) is 10.6 Å². The van der Waals surface area contributed by atoms with Gasteiger partial charge in [-0.1, -0.05) is 54.6 Å². The molecule has 0 saturated carbocycles. The summed E-state index contributed by atoms with van der Waals surface area (Å²) in [4.78, 5) is 28.3. The zero-order chi connectivity index (χ0) is 21.3. The van der Waals surface area contributed by atoms with E-state index < -0.39 is 22.2 Å². The Hall–Kier alpha value is -4.00. The predicted molar refractivity (Wildman–Crippen MR) is 116 cm³/mol. The van der Waals surface area contributed by atoms with E-state index in [1.54, 1.807) is 18.2 Å². The van der Waals surface area contributed by atoms with Crippen molar-refractivity contribution in [3.05, 3.63) is 116 Å². The predicted octanol–water partition coefficient (Wildman–Crippen LogP) is 4.42. The van der Waals surface area contributed by atoms with E-state index in [2.05, 4.69) is 10.3 Å². The summed E-state index contributed by atoms with van der Waals surface area (Å²) in [7, 11) is 0. The van der Waals surface area contributed by atoms with Crippen molar-refractivity contribution >= 4 is 17.2 Å². The van der Waals surface area contributed by atoms with Gasteiger partial charge in [-0.15, -0.1) is 0 Å². The van der Waals surface area contributed by atoms with Crippen LogP contribution in [0.25, 0.3) is 5.65 Å². The molecule has 0 fully saturated rings. The molecule has 4 rings (SSSR count). The molecule has 7 nitrogen and oxygen atoms in total. The molecule has 7 heteroatoms. The summed E-state index contributed by atoms with van der Waals surface area (Å²) in [6.07, 6.45) is 1.47. The molecular weight excluding hydrogens is 380 g/mol. The molecule has 0 bridgehead atoms. The monoisotopic (exact) mass is 400 g/mol. The second kappa shape index (κ2) is 7.79. The first kappa shape index (κ1) is 19.3. The van der Waals surface area contributed by atoms with E-state index >= 15 is 0 Å². The Bertz CT molecular complexity index is 1300. The van der Waals surface area contributed by atoms with Crippen LogP contribution in [0.15, 0.2) is 77.7 Å². The SMILES string of the molecule is Cc1ccc(C(Nc2nc3ccccn3c(=O)c2[N+](=O)[O-])c2ccccc2)cc1C. The van der Waals surface area contributed by atoms with Gasteiger partial charge in [0.25, 0.3) is 0 Å². The maximum Gasteiger partial charge on any atom is 0.376 e. The maximum atomic E-state index is 12.8. The average Bonchev–Trinajstić information content (AvgIpc) is 2.74. The second-order valence-electron chi connectivity index (χ2n) is 7.13. The molecule has 30 heavy (non-hydrogen) atoms. The number of benzene rings is 2. The number of hydrogen-bond acceptors (Lipinski definition) is 5. The van der Waals surface area contributed by atoms with Gasteiger partial charge in [0, 0.05) is 6.20 Å². The molecule has 2 heterocycles. The highest BCUT2D eigenvalue weighted by Crippen LogP contribution is 2.30. The molecule has 0 aliphatic carbocycles. The lowest BCUT2D eigenvalue weighted by Gasteiger charge is -2.21. The topological polar surface area (TPSA) is 89.5 Å². The fourth-order valence-electron chi connectivity index (χ4n) is 3.43. The van der Waals surface area contributed by atoms with Crippen molar-refractivity contribution in [1.82, 2.24) is 9.38 Å². The molecule has 1 unspecified atom stereocenters. The third-order valence-corrected chi connectivity index (χ3v) is 5.17. The number of aromatic nitrogens is 2. The van der Waals surface area contributed by atoms with Crippen LogP contribution in [-0.4, -0.2) is 14.3 Å². The Labute approximate surface area is 172 Å². The Morgan fingerprint density at radius 3 is 2.40 bits per heavy atom. The van der Waals surface area contributed by atoms with Crippen molar-refractivity contribution in [1.29, 1.82) is 0 Å². The Kier molecular flexibility index (Phi) is 5.02. The summed E-state index contributed by atoms with van der Waals surface area (Å²) < 4.78 is 1.18. The van der Waals surface area contributed by atoms with Crippen LogP contribution in [0.2, 0.25) is 0 Å². The summed E-state index contributed by atoms with van der Waals surface area (Å²) >= 11 is 0. The number of aryl methyl sites for hydroxylation is 2. The van der Waals surface area contributed by atoms with Crippen molar-refractivity contribution in [3.8, 4) is 0 Å². The van der Waals surface area contributed by atoms with Crippen LogP contribution < -0.4 is 10.9 Å². The first-order valence-corrected chi connectivity index (χ1v) is 9.50. The molecule has 0 aliphatic rings. The maximum absolute atomic E-state index is 12.8. The molecular formula is C23H20N4O3. The molecule has 0 spiro atoms. The van der Waals surface area contributed by atoms with Gasteiger partial charge in [0.1, 0.15) is 5.65 Å². The largest absolute Gasteiger partial charge is 0.376 e. The van der Waals surface area contributed by atoms with Crippen molar-refractivity contribution in [3.63, 3.8) is 0 Å². The lowest BCUT2D eigenvalue weighted by molar-refractivity contribution is -0.385. The minimum Gasteiger partial charge on any atom is -0.353 e. The van der Waals surface area contributed by atoms with Crippen LogP contribution in [0.4, 0.5) is 11.5 Å². The van der Waals surface area contributed by atoms with Crippen LogP contribution in [0.1, 0.15) is 28.3 Å². The fourth-order valence-corrected chi connectivity index (χ4v) is 3.43. The van der Waals surface area contributed by atoms with Crippen LogP contribution in [0.5, 0.6) is 0 Å². The lowest BCUT2D eigenvalue weighted by Crippen LogP contribution is -2.23. The molecule has 2 aromatic heterocycles. The van der Waals surface area contributed by atoms with Gasteiger partial charge in [0.15, 0.2) is 0 Å². The van der Waals surface area contributed by atoms with E-state index in [9.17, 15) is 14.9 Å². The quantitative estimate of drug-likeness (QED) is 0.396. The van der Waals surface area contributed by atoms with Crippen LogP contribution >= 0.6 is 0 Å². The van der Waals surface area contributed by atoms with E-state index in [1.807, 2.05) is 62.4 Å². The van der Waals surface area contributed by atoms with Gasteiger partial charge in [-0.25, -0.2) is 4.98 Å². The second-order valence-corrected chi connectivity index (χ2v) is 7.13. The number of nitrogens with zero attached hydrogens (tertiary/aromatic N) is 3. The molecule has 0 radical (unpaired) electrons. The summed E-state index contributed by atoms with van der Waals surface area (Å²) in [5.74, 6) is -0.0525. The first-order valence-electron chi connectivity index (χ1n) is 9.50. The summed E-state index contributed by atoms with van der Waals surface area (Å²) in [6, 6.07) is 20.2. The Morgan fingerprint density at radius 2 is 1.70 bits per heavy atom. The van der Waals surface area contributed by atoms with Crippen LogP contribution in [0.3, 0.4) is 0 Å². The summed E-state index contributed by atoms with van der Waals surface area (Å²) in [5, 5.41) is 14.9. The molecule has 0 amide bonds. The van der Waals surface area contributed by atoms with Crippen LogP contribution in [-0.2, 0) is 0 Å². The molecule has 2 aromatic carbocycles. The number of anilines is 1. The van der Waals surface area contributed by atoms with Crippen molar-refractivity contribution < 1.29 is 4.92 Å². The van der Waals surface area contributed by atoms with Gasteiger partial charge in [0.2, 0.25) is 5.82 Å². The minimum absolute atomic E-state index is 0.0525. The lowest BCUT2D eigenvalue weighted by atomic mass is 9.95. The first-order chi connectivity index (χ1) is 14.5.